The molecule has 0 saturated carbocycles. The first-order valence-electron chi connectivity index (χ1n) is 8.17. The van der Waals surface area contributed by atoms with E-state index in [-0.39, 0.29) is 5.97 Å². The molecule has 3 rings (SSSR count). The van der Waals surface area contributed by atoms with E-state index in [0.717, 1.165) is 38.9 Å². The molecule has 0 radical (unpaired) electrons. The molecule has 0 amide bonds. The second-order valence-corrected chi connectivity index (χ2v) is 6.23. The van der Waals surface area contributed by atoms with Gasteiger partial charge in [-0.05, 0) is 55.3 Å². The third-order valence-electron chi connectivity index (χ3n) is 4.89. The standard InChI is InChI=1S/C18H24N2O2/c1-22-18(21)11-14-6-8-19-12-15(14)10-17-16-5-3-2-4-13(16)7-9-20-17/h2-5,14-15,19H,6-12H2,1H3/t14-,15-/m0/s1. The largest absolute Gasteiger partial charge is 0.469 e. The van der Waals surface area contributed by atoms with Gasteiger partial charge >= 0.3 is 5.97 Å². The Morgan fingerprint density at radius 2 is 2.23 bits per heavy atom. The predicted octanol–water partition coefficient (Wildman–Crippen LogP) is 2.21. The zero-order valence-electron chi connectivity index (χ0n) is 13.2. The van der Waals surface area contributed by atoms with Crippen LogP contribution in [0.2, 0.25) is 0 Å². The fraction of sp³-hybridized carbons (Fsp3) is 0.556. The Balaban J connectivity index is 1.73. The molecule has 2 heterocycles. The minimum Gasteiger partial charge on any atom is -0.469 e. The number of nitrogens with one attached hydrogen (secondary N) is 1. The van der Waals surface area contributed by atoms with Crippen LogP contribution in [0.1, 0.15) is 30.4 Å². The maximum absolute atomic E-state index is 11.6. The molecule has 2 atom stereocenters. The number of hydrogen-bond acceptors (Lipinski definition) is 4. The molecule has 2 aliphatic heterocycles. The quantitative estimate of drug-likeness (QED) is 0.867. The molecule has 4 nitrogen and oxygen atoms in total. The average molecular weight is 300 g/mol. The summed E-state index contributed by atoms with van der Waals surface area (Å²) in [7, 11) is 1.47. The highest BCUT2D eigenvalue weighted by atomic mass is 16.5. The second kappa shape index (κ2) is 7.05. The molecule has 118 valence electrons. The highest BCUT2D eigenvalue weighted by Crippen LogP contribution is 2.29. The number of aliphatic imine (C=N–C) groups is 1. The van der Waals surface area contributed by atoms with Crippen LogP contribution < -0.4 is 5.32 Å². The lowest BCUT2D eigenvalue weighted by Crippen LogP contribution is -2.39. The number of nitrogens with zero attached hydrogens (tertiary/aromatic N) is 1. The van der Waals surface area contributed by atoms with E-state index in [1.807, 2.05) is 0 Å². The van der Waals surface area contributed by atoms with E-state index in [1.165, 1.54) is 23.9 Å². The number of esters is 1. The number of carbonyl (C=O) groups is 1. The van der Waals surface area contributed by atoms with E-state index in [2.05, 4.69) is 29.6 Å². The van der Waals surface area contributed by atoms with Crippen LogP contribution in [0, 0.1) is 11.8 Å². The number of carbonyl (C=O) groups excluding carboxylic acids is 1. The summed E-state index contributed by atoms with van der Waals surface area (Å²) in [6, 6.07) is 8.57. The number of fused-ring (bicyclic) bond motifs is 1. The van der Waals surface area contributed by atoms with Gasteiger partial charge in [0.25, 0.3) is 0 Å². The fourth-order valence-corrected chi connectivity index (χ4v) is 3.62. The Labute approximate surface area is 132 Å². The van der Waals surface area contributed by atoms with E-state index < -0.39 is 0 Å². The molecule has 1 saturated heterocycles. The lowest BCUT2D eigenvalue weighted by Gasteiger charge is -2.32. The zero-order chi connectivity index (χ0) is 15.4. The van der Waals surface area contributed by atoms with Crippen molar-refractivity contribution < 1.29 is 9.53 Å². The Bertz CT molecular complexity index is 568. The molecule has 1 N–H and O–H groups in total. The summed E-state index contributed by atoms with van der Waals surface area (Å²) in [6.45, 7) is 2.83. The molecule has 0 unspecified atom stereocenters. The van der Waals surface area contributed by atoms with Crippen LogP contribution in [0.4, 0.5) is 0 Å². The van der Waals surface area contributed by atoms with Crippen LogP contribution >= 0.6 is 0 Å². The Morgan fingerprint density at radius 3 is 3.09 bits per heavy atom. The molecular formula is C18H24N2O2. The minimum atomic E-state index is -0.0946. The van der Waals surface area contributed by atoms with Gasteiger partial charge in [0.05, 0.1) is 7.11 Å². The Hall–Kier alpha value is -1.68. The van der Waals surface area contributed by atoms with E-state index >= 15 is 0 Å². The van der Waals surface area contributed by atoms with Crippen molar-refractivity contribution in [3.05, 3.63) is 35.4 Å². The number of hydrogen-bond donors (Lipinski definition) is 1. The van der Waals surface area contributed by atoms with E-state index in [1.54, 1.807) is 0 Å². The Kier molecular flexibility index (Phi) is 4.88. The summed E-state index contributed by atoms with van der Waals surface area (Å²) in [5.74, 6) is 0.756. The molecule has 2 aliphatic rings. The smallest absolute Gasteiger partial charge is 0.305 e. The van der Waals surface area contributed by atoms with E-state index in [4.69, 9.17) is 9.73 Å². The SMILES string of the molecule is COC(=O)C[C@@H]1CCNC[C@@H]1CC1=NCCc2ccccc21. The molecule has 1 aromatic rings. The number of methoxy groups -OCH3 is 1. The first-order chi connectivity index (χ1) is 10.8. The van der Waals surface area contributed by atoms with Crippen LogP contribution in [-0.4, -0.2) is 38.4 Å². The van der Waals surface area contributed by atoms with Crippen molar-refractivity contribution in [1.29, 1.82) is 0 Å². The highest BCUT2D eigenvalue weighted by Gasteiger charge is 2.29. The van der Waals surface area contributed by atoms with Crippen LogP contribution in [0.3, 0.4) is 0 Å². The van der Waals surface area contributed by atoms with Gasteiger partial charge in [-0.3, -0.25) is 9.79 Å². The highest BCUT2D eigenvalue weighted by molar-refractivity contribution is 6.02. The predicted molar refractivity (Wildman–Crippen MR) is 87.3 cm³/mol. The summed E-state index contributed by atoms with van der Waals surface area (Å²) < 4.78 is 4.86. The summed E-state index contributed by atoms with van der Waals surface area (Å²) in [6.07, 6.45) is 3.55. The van der Waals surface area contributed by atoms with Crippen molar-refractivity contribution in [2.75, 3.05) is 26.7 Å². The van der Waals surface area contributed by atoms with E-state index in [0.29, 0.717) is 18.3 Å². The summed E-state index contributed by atoms with van der Waals surface area (Å²) >= 11 is 0. The molecule has 0 bridgehead atoms. The number of ether oxygens (including phenoxy) is 1. The molecule has 0 aromatic heterocycles. The number of piperidine rings is 1. The van der Waals surface area contributed by atoms with Crippen molar-refractivity contribution in [2.24, 2.45) is 16.8 Å². The zero-order valence-corrected chi connectivity index (χ0v) is 13.2. The Morgan fingerprint density at radius 1 is 1.36 bits per heavy atom. The maximum atomic E-state index is 11.6. The van der Waals surface area contributed by atoms with Crippen LogP contribution in [0.5, 0.6) is 0 Å². The second-order valence-electron chi connectivity index (χ2n) is 6.23. The summed E-state index contributed by atoms with van der Waals surface area (Å²) in [5, 5.41) is 3.46. The van der Waals surface area contributed by atoms with Gasteiger partial charge in [-0.25, -0.2) is 0 Å². The first kappa shape index (κ1) is 15.2. The molecular weight excluding hydrogens is 276 g/mol. The molecule has 1 fully saturated rings. The number of benzene rings is 1. The maximum Gasteiger partial charge on any atom is 0.305 e. The van der Waals surface area contributed by atoms with Gasteiger partial charge in [0.15, 0.2) is 0 Å². The third kappa shape index (κ3) is 3.38. The fourth-order valence-electron chi connectivity index (χ4n) is 3.62. The van der Waals surface area contributed by atoms with Gasteiger partial charge in [0.2, 0.25) is 0 Å². The lowest BCUT2D eigenvalue weighted by atomic mass is 9.79. The number of rotatable bonds is 4. The lowest BCUT2D eigenvalue weighted by molar-refractivity contribution is -0.142. The van der Waals surface area contributed by atoms with Crippen molar-refractivity contribution >= 4 is 11.7 Å². The van der Waals surface area contributed by atoms with Crippen molar-refractivity contribution in [2.45, 2.75) is 25.7 Å². The topological polar surface area (TPSA) is 50.7 Å². The van der Waals surface area contributed by atoms with Crippen LogP contribution in [-0.2, 0) is 16.0 Å². The minimum absolute atomic E-state index is 0.0946. The van der Waals surface area contributed by atoms with Crippen LogP contribution in [0.25, 0.3) is 0 Å². The molecule has 0 aliphatic carbocycles. The van der Waals surface area contributed by atoms with Gasteiger partial charge in [0.1, 0.15) is 0 Å². The molecule has 1 aromatic carbocycles. The van der Waals surface area contributed by atoms with E-state index in [9.17, 15) is 4.79 Å². The average Bonchev–Trinajstić information content (AvgIpc) is 2.57. The summed E-state index contributed by atoms with van der Waals surface area (Å²) in [5.41, 5.74) is 3.92. The summed E-state index contributed by atoms with van der Waals surface area (Å²) in [4.78, 5) is 16.4. The van der Waals surface area contributed by atoms with Gasteiger partial charge in [0, 0.05) is 18.7 Å². The monoisotopic (exact) mass is 300 g/mol. The van der Waals surface area contributed by atoms with Gasteiger partial charge in [-0.15, -0.1) is 0 Å². The molecule has 4 heteroatoms. The molecule has 22 heavy (non-hydrogen) atoms. The van der Waals surface area contributed by atoms with Crippen molar-refractivity contribution in [3.8, 4) is 0 Å². The normalized spacial score (nSPS) is 24.3. The van der Waals surface area contributed by atoms with Gasteiger partial charge in [-0.1, -0.05) is 24.3 Å². The third-order valence-corrected chi connectivity index (χ3v) is 4.89. The first-order valence-corrected chi connectivity index (χ1v) is 8.17. The van der Waals surface area contributed by atoms with Gasteiger partial charge < -0.3 is 10.1 Å². The van der Waals surface area contributed by atoms with Crippen molar-refractivity contribution in [1.82, 2.24) is 5.32 Å². The molecule has 0 spiro atoms. The van der Waals surface area contributed by atoms with Gasteiger partial charge in [-0.2, -0.15) is 0 Å². The van der Waals surface area contributed by atoms with Crippen molar-refractivity contribution in [3.63, 3.8) is 0 Å². The van der Waals surface area contributed by atoms with Crippen LogP contribution in [0.15, 0.2) is 29.3 Å².